The van der Waals surface area contributed by atoms with Crippen molar-refractivity contribution in [3.63, 3.8) is 0 Å². The number of guanidine groups is 1. The largest absolute Gasteiger partial charge is 0.467 e. The zero-order valence-corrected chi connectivity index (χ0v) is 15.5. The smallest absolute Gasteiger partial charge is 0.191 e. The van der Waals surface area contributed by atoms with Crippen molar-refractivity contribution in [1.29, 1.82) is 0 Å². The van der Waals surface area contributed by atoms with Crippen LogP contribution in [0.1, 0.15) is 25.0 Å². The van der Waals surface area contributed by atoms with Crippen molar-refractivity contribution in [1.82, 2.24) is 10.6 Å². The lowest BCUT2D eigenvalue weighted by Gasteiger charge is -2.14. The Balaban J connectivity index is 0.00000176. The summed E-state index contributed by atoms with van der Waals surface area (Å²) in [5.74, 6) is 2.35. The molecular weight excluding hydrogens is 417 g/mol. The molecule has 1 saturated carbocycles. The molecule has 6 nitrogen and oxygen atoms in total. The number of nitrogens with one attached hydrogen (secondary N) is 2. The normalized spacial score (nSPS) is 23.8. The first-order valence-electron chi connectivity index (χ1n) is 7.38. The van der Waals surface area contributed by atoms with Crippen molar-refractivity contribution in [2.24, 2.45) is 10.9 Å². The summed E-state index contributed by atoms with van der Waals surface area (Å²) in [7, 11) is -2.82. The molecule has 2 N–H and O–H groups in total. The highest BCUT2D eigenvalue weighted by molar-refractivity contribution is 14.0. The van der Waals surface area contributed by atoms with Gasteiger partial charge in [-0.15, -0.1) is 24.0 Å². The number of sulfone groups is 1. The molecule has 124 valence electrons. The van der Waals surface area contributed by atoms with Crippen LogP contribution in [0.2, 0.25) is 0 Å². The van der Waals surface area contributed by atoms with Gasteiger partial charge in [0, 0.05) is 12.6 Å². The fourth-order valence-corrected chi connectivity index (χ4v) is 4.27. The maximum absolute atomic E-state index is 11.5. The number of hydrogen-bond acceptors (Lipinski definition) is 4. The van der Waals surface area contributed by atoms with Crippen LogP contribution in [-0.2, 0) is 16.4 Å². The lowest BCUT2D eigenvalue weighted by Crippen LogP contribution is -2.41. The van der Waals surface area contributed by atoms with E-state index in [2.05, 4.69) is 15.6 Å². The highest BCUT2D eigenvalue weighted by atomic mass is 127. The first-order chi connectivity index (χ1) is 10.1. The van der Waals surface area contributed by atoms with Crippen molar-refractivity contribution >= 4 is 39.8 Å². The van der Waals surface area contributed by atoms with Crippen LogP contribution in [0.25, 0.3) is 0 Å². The second kappa shape index (κ2) is 7.67. The van der Waals surface area contributed by atoms with Gasteiger partial charge < -0.3 is 15.1 Å². The Morgan fingerprint density at radius 2 is 2.18 bits per heavy atom. The van der Waals surface area contributed by atoms with Crippen molar-refractivity contribution in [3.05, 3.63) is 24.2 Å². The van der Waals surface area contributed by atoms with Gasteiger partial charge in [-0.05, 0) is 37.3 Å². The molecule has 0 radical (unpaired) electrons. The van der Waals surface area contributed by atoms with Crippen molar-refractivity contribution in [2.45, 2.75) is 31.8 Å². The van der Waals surface area contributed by atoms with E-state index in [1.165, 1.54) is 12.8 Å². The molecule has 0 bridgehead atoms. The van der Waals surface area contributed by atoms with Gasteiger partial charge in [0.05, 0.1) is 17.8 Å². The van der Waals surface area contributed by atoms with Gasteiger partial charge in [0.1, 0.15) is 12.3 Å². The molecule has 2 fully saturated rings. The molecule has 1 unspecified atom stereocenters. The highest BCUT2D eigenvalue weighted by Crippen LogP contribution is 2.19. The van der Waals surface area contributed by atoms with E-state index in [9.17, 15) is 8.42 Å². The summed E-state index contributed by atoms with van der Waals surface area (Å²) in [6.07, 6.45) is 4.71. The van der Waals surface area contributed by atoms with Gasteiger partial charge in [-0.1, -0.05) is 0 Å². The van der Waals surface area contributed by atoms with E-state index >= 15 is 0 Å². The molecule has 8 heteroatoms. The molecule has 1 aromatic heterocycles. The van der Waals surface area contributed by atoms with E-state index < -0.39 is 9.84 Å². The maximum atomic E-state index is 11.5. The lowest BCUT2D eigenvalue weighted by molar-refractivity contribution is 0.511. The van der Waals surface area contributed by atoms with Gasteiger partial charge >= 0.3 is 0 Å². The van der Waals surface area contributed by atoms with Gasteiger partial charge in [0.2, 0.25) is 0 Å². The third-order valence-electron chi connectivity index (χ3n) is 3.78. The summed E-state index contributed by atoms with van der Waals surface area (Å²) >= 11 is 0. The number of hydrogen-bond donors (Lipinski definition) is 2. The van der Waals surface area contributed by atoms with E-state index in [1.807, 2.05) is 12.1 Å². The van der Waals surface area contributed by atoms with Crippen LogP contribution in [0.3, 0.4) is 0 Å². The predicted molar refractivity (Wildman–Crippen MR) is 96.2 cm³/mol. The zero-order valence-electron chi connectivity index (χ0n) is 12.3. The molecule has 1 saturated heterocycles. The van der Waals surface area contributed by atoms with Gasteiger partial charge in [0.25, 0.3) is 0 Å². The first kappa shape index (κ1) is 17.6. The van der Waals surface area contributed by atoms with E-state index in [4.69, 9.17) is 4.42 Å². The predicted octanol–water partition coefficient (Wildman–Crippen LogP) is 1.53. The van der Waals surface area contributed by atoms with Gasteiger partial charge in [0.15, 0.2) is 15.8 Å². The number of halogens is 1. The number of aliphatic imine (C=N–C) groups is 1. The molecule has 2 heterocycles. The fraction of sp³-hybridized carbons (Fsp3) is 0.643. The molecule has 22 heavy (non-hydrogen) atoms. The molecule has 2 aliphatic rings. The summed E-state index contributed by atoms with van der Waals surface area (Å²) in [6, 6.07) is 4.23. The summed E-state index contributed by atoms with van der Waals surface area (Å²) in [5.41, 5.74) is 0. The van der Waals surface area contributed by atoms with E-state index in [0.717, 1.165) is 18.1 Å². The first-order valence-corrected chi connectivity index (χ1v) is 9.20. The molecular formula is C14H22IN3O3S. The Morgan fingerprint density at radius 3 is 2.77 bits per heavy atom. The van der Waals surface area contributed by atoms with Crippen molar-refractivity contribution in [3.8, 4) is 0 Å². The second-order valence-corrected chi connectivity index (χ2v) is 8.04. The standard InChI is InChI=1S/C14H21N3O3S.HI/c18-21(19)7-5-11(10-21)8-15-14(17-12-3-4-12)16-9-13-2-1-6-20-13;/h1-2,6,11-12H,3-5,7-10H2,(H2,15,16,17);1H. The van der Waals surface area contributed by atoms with E-state index in [1.54, 1.807) is 6.26 Å². The number of furan rings is 1. The minimum absolute atomic E-state index is 0. The Kier molecular flexibility index (Phi) is 6.13. The summed E-state index contributed by atoms with van der Waals surface area (Å²) in [5, 5.41) is 6.61. The average Bonchev–Trinajstić information content (AvgIpc) is 2.97. The molecule has 3 rings (SSSR count). The Morgan fingerprint density at radius 1 is 1.36 bits per heavy atom. The van der Waals surface area contributed by atoms with Crippen molar-refractivity contribution in [2.75, 3.05) is 18.1 Å². The zero-order chi connectivity index (χ0) is 14.7. The maximum Gasteiger partial charge on any atom is 0.191 e. The van der Waals surface area contributed by atoms with Crippen LogP contribution in [0.5, 0.6) is 0 Å². The lowest BCUT2D eigenvalue weighted by atomic mass is 10.1. The van der Waals surface area contributed by atoms with Gasteiger partial charge in [-0.25, -0.2) is 13.4 Å². The monoisotopic (exact) mass is 439 g/mol. The molecule has 1 aliphatic heterocycles. The minimum Gasteiger partial charge on any atom is -0.467 e. The van der Waals surface area contributed by atoms with Crippen LogP contribution in [0.15, 0.2) is 27.8 Å². The average molecular weight is 439 g/mol. The van der Waals surface area contributed by atoms with Crippen molar-refractivity contribution < 1.29 is 12.8 Å². The summed E-state index contributed by atoms with van der Waals surface area (Å²) < 4.78 is 28.2. The van der Waals surface area contributed by atoms with Gasteiger partial charge in [-0.2, -0.15) is 0 Å². The van der Waals surface area contributed by atoms with Crippen LogP contribution >= 0.6 is 24.0 Å². The molecule has 1 atom stereocenters. The molecule has 0 amide bonds. The Hall–Kier alpha value is -0.770. The number of rotatable bonds is 5. The third-order valence-corrected chi connectivity index (χ3v) is 5.61. The second-order valence-electron chi connectivity index (χ2n) is 5.81. The molecule has 1 aliphatic carbocycles. The van der Waals surface area contributed by atoms with E-state index in [0.29, 0.717) is 24.9 Å². The Bertz CT molecular complexity index is 597. The highest BCUT2D eigenvalue weighted by Gasteiger charge is 2.28. The Labute approximate surface area is 148 Å². The fourth-order valence-electron chi connectivity index (χ4n) is 2.41. The SMILES string of the molecule is I.O=S1(=O)CCC(CNC(=NCc2ccco2)NC2CC2)C1. The van der Waals surface area contributed by atoms with Crippen LogP contribution in [0, 0.1) is 5.92 Å². The minimum atomic E-state index is -2.82. The van der Waals surface area contributed by atoms with E-state index in [-0.39, 0.29) is 35.6 Å². The molecule has 1 aromatic rings. The van der Waals surface area contributed by atoms with Gasteiger partial charge in [-0.3, -0.25) is 0 Å². The molecule has 0 aromatic carbocycles. The summed E-state index contributed by atoms with van der Waals surface area (Å²) in [4.78, 5) is 4.49. The molecule has 0 spiro atoms. The quantitative estimate of drug-likeness (QED) is 0.413. The van der Waals surface area contributed by atoms with Crippen LogP contribution in [0.4, 0.5) is 0 Å². The summed E-state index contributed by atoms with van der Waals surface area (Å²) in [6.45, 7) is 1.13. The van der Waals surface area contributed by atoms with Crippen LogP contribution < -0.4 is 10.6 Å². The number of nitrogens with zero attached hydrogens (tertiary/aromatic N) is 1. The van der Waals surface area contributed by atoms with Crippen LogP contribution in [-0.4, -0.2) is 38.5 Å². The third kappa shape index (κ3) is 5.45. The topological polar surface area (TPSA) is 83.7 Å².